The number of nitrogens with zero attached hydrogens (tertiary/aromatic N) is 1. The summed E-state index contributed by atoms with van der Waals surface area (Å²) >= 11 is 0. The van der Waals surface area contributed by atoms with E-state index >= 15 is 0 Å². The predicted molar refractivity (Wildman–Crippen MR) is 104 cm³/mol. The Morgan fingerprint density at radius 1 is 1.08 bits per heavy atom. The topological polar surface area (TPSA) is 25.6 Å². The van der Waals surface area contributed by atoms with Gasteiger partial charge in [0.15, 0.2) is 0 Å². The fourth-order valence-electron chi connectivity index (χ4n) is 5.18. The third kappa shape index (κ3) is 2.62. The van der Waals surface area contributed by atoms with Crippen LogP contribution in [0.3, 0.4) is 0 Å². The van der Waals surface area contributed by atoms with E-state index in [0.717, 1.165) is 12.4 Å². The molecule has 3 heterocycles. The average Bonchev–Trinajstić information content (AvgIpc) is 3.28. The molecule has 3 nitrogen and oxygen atoms in total. The van der Waals surface area contributed by atoms with Crippen LogP contribution in [0.25, 0.3) is 10.8 Å². The third-order valence-corrected chi connectivity index (χ3v) is 6.58. The molecule has 0 radical (unpaired) electrons. The molecule has 0 amide bonds. The molecule has 2 saturated heterocycles. The van der Waals surface area contributed by atoms with Crippen molar-refractivity contribution in [2.45, 2.75) is 37.3 Å². The summed E-state index contributed by atoms with van der Waals surface area (Å²) in [6.07, 6.45) is 7.52. The van der Waals surface area contributed by atoms with Gasteiger partial charge >= 0.3 is 0 Å². The molecule has 2 aliphatic rings. The molecule has 5 rings (SSSR count). The molecule has 26 heavy (non-hydrogen) atoms. The highest BCUT2D eigenvalue weighted by Crippen LogP contribution is 2.46. The molecule has 134 valence electrons. The Bertz CT molecular complexity index is 883. The van der Waals surface area contributed by atoms with Gasteiger partial charge < -0.3 is 14.1 Å². The summed E-state index contributed by atoms with van der Waals surface area (Å²) in [7, 11) is 2.29. The van der Waals surface area contributed by atoms with Gasteiger partial charge in [0, 0.05) is 23.4 Å². The van der Waals surface area contributed by atoms with E-state index in [2.05, 4.69) is 60.5 Å². The number of ether oxygens (including phenoxy) is 1. The quantitative estimate of drug-likeness (QED) is 0.658. The normalized spacial score (nSPS) is 28.5. The van der Waals surface area contributed by atoms with Crippen molar-refractivity contribution in [3.8, 4) is 5.75 Å². The minimum Gasteiger partial charge on any atom is -0.493 e. The molecule has 3 aromatic rings. The number of fused-ring (bicyclic) bond motifs is 3. The molecule has 0 N–H and O–H groups in total. The van der Waals surface area contributed by atoms with Crippen molar-refractivity contribution in [2.24, 2.45) is 5.92 Å². The first-order chi connectivity index (χ1) is 12.8. The lowest BCUT2D eigenvalue weighted by molar-refractivity contribution is 0.0668. The van der Waals surface area contributed by atoms with Crippen LogP contribution in [0.15, 0.2) is 65.5 Å². The Morgan fingerprint density at radius 2 is 1.96 bits per heavy atom. The summed E-state index contributed by atoms with van der Waals surface area (Å²) in [5, 5.41) is 2.43. The molecule has 2 fully saturated rings. The SMILES string of the molecule is CN1C2CCC1C(COc1cccc3ccccc13)C(c1ccoc1)C2. The van der Waals surface area contributed by atoms with E-state index in [1.54, 1.807) is 6.26 Å². The van der Waals surface area contributed by atoms with Gasteiger partial charge in [0.1, 0.15) is 5.75 Å². The maximum absolute atomic E-state index is 6.43. The Morgan fingerprint density at radius 3 is 2.85 bits per heavy atom. The first-order valence-electron chi connectivity index (χ1n) is 9.66. The summed E-state index contributed by atoms with van der Waals surface area (Å²) < 4.78 is 11.8. The minimum absolute atomic E-state index is 0.496. The van der Waals surface area contributed by atoms with Crippen molar-refractivity contribution in [1.29, 1.82) is 0 Å². The second kappa shape index (κ2) is 6.48. The van der Waals surface area contributed by atoms with Crippen LogP contribution in [0.2, 0.25) is 0 Å². The van der Waals surface area contributed by atoms with E-state index in [9.17, 15) is 0 Å². The van der Waals surface area contributed by atoms with Gasteiger partial charge in [-0.2, -0.15) is 0 Å². The van der Waals surface area contributed by atoms with E-state index in [-0.39, 0.29) is 0 Å². The van der Waals surface area contributed by atoms with Gasteiger partial charge in [-0.15, -0.1) is 0 Å². The van der Waals surface area contributed by atoms with E-state index in [4.69, 9.17) is 9.15 Å². The van der Waals surface area contributed by atoms with Crippen LogP contribution in [0.5, 0.6) is 5.75 Å². The van der Waals surface area contributed by atoms with E-state index in [1.807, 2.05) is 6.26 Å². The smallest absolute Gasteiger partial charge is 0.127 e. The molecule has 0 saturated carbocycles. The molecule has 2 aromatic carbocycles. The van der Waals surface area contributed by atoms with Crippen molar-refractivity contribution in [1.82, 2.24) is 4.90 Å². The summed E-state index contributed by atoms with van der Waals surface area (Å²) in [6, 6.07) is 18.2. The largest absolute Gasteiger partial charge is 0.493 e. The number of hydrogen-bond donors (Lipinski definition) is 0. The highest BCUT2D eigenvalue weighted by molar-refractivity contribution is 5.88. The second-order valence-electron chi connectivity index (χ2n) is 7.82. The summed E-state index contributed by atoms with van der Waals surface area (Å²) in [5.74, 6) is 2.02. The van der Waals surface area contributed by atoms with Crippen LogP contribution in [0.1, 0.15) is 30.7 Å². The van der Waals surface area contributed by atoms with Gasteiger partial charge in [0.05, 0.1) is 19.1 Å². The molecule has 4 unspecified atom stereocenters. The monoisotopic (exact) mass is 347 g/mol. The van der Waals surface area contributed by atoms with Gasteiger partial charge in [0.2, 0.25) is 0 Å². The minimum atomic E-state index is 0.496. The second-order valence-corrected chi connectivity index (χ2v) is 7.82. The fourth-order valence-corrected chi connectivity index (χ4v) is 5.18. The Balaban J connectivity index is 1.43. The maximum atomic E-state index is 6.43. The lowest BCUT2D eigenvalue weighted by Crippen LogP contribution is -2.47. The molecular formula is C23H25NO2. The van der Waals surface area contributed by atoms with Gasteiger partial charge in [-0.25, -0.2) is 0 Å². The zero-order chi connectivity index (χ0) is 17.5. The Labute approximate surface area is 154 Å². The summed E-state index contributed by atoms with van der Waals surface area (Å²) in [6.45, 7) is 0.756. The number of benzene rings is 2. The lowest BCUT2D eigenvalue weighted by Gasteiger charge is -2.42. The van der Waals surface area contributed by atoms with Crippen molar-refractivity contribution in [3.63, 3.8) is 0 Å². The van der Waals surface area contributed by atoms with Crippen molar-refractivity contribution in [2.75, 3.05) is 13.7 Å². The van der Waals surface area contributed by atoms with Crippen LogP contribution in [0, 0.1) is 5.92 Å². The van der Waals surface area contributed by atoms with E-state index < -0.39 is 0 Å². The van der Waals surface area contributed by atoms with E-state index in [0.29, 0.717) is 23.9 Å². The Kier molecular flexibility index (Phi) is 3.97. The molecule has 1 aromatic heterocycles. The molecular weight excluding hydrogens is 322 g/mol. The maximum Gasteiger partial charge on any atom is 0.127 e. The summed E-state index contributed by atoms with van der Waals surface area (Å²) in [4.78, 5) is 2.59. The third-order valence-electron chi connectivity index (χ3n) is 6.58. The molecule has 2 bridgehead atoms. The zero-order valence-corrected chi connectivity index (χ0v) is 15.2. The summed E-state index contributed by atoms with van der Waals surface area (Å²) in [5.41, 5.74) is 1.33. The first-order valence-corrected chi connectivity index (χ1v) is 9.66. The number of piperidine rings is 1. The molecule has 0 aliphatic carbocycles. The van der Waals surface area contributed by atoms with Crippen molar-refractivity contribution in [3.05, 3.63) is 66.6 Å². The highest BCUT2D eigenvalue weighted by Gasteiger charge is 2.46. The molecule has 0 spiro atoms. The molecule has 3 heteroatoms. The van der Waals surface area contributed by atoms with Gasteiger partial charge in [0.25, 0.3) is 0 Å². The number of hydrogen-bond acceptors (Lipinski definition) is 3. The predicted octanol–water partition coefficient (Wildman–Crippen LogP) is 5.08. The number of furan rings is 1. The van der Waals surface area contributed by atoms with Crippen molar-refractivity contribution < 1.29 is 9.15 Å². The molecule has 2 aliphatic heterocycles. The zero-order valence-electron chi connectivity index (χ0n) is 15.2. The van der Waals surface area contributed by atoms with Crippen LogP contribution >= 0.6 is 0 Å². The van der Waals surface area contributed by atoms with Gasteiger partial charge in [-0.3, -0.25) is 0 Å². The van der Waals surface area contributed by atoms with Gasteiger partial charge in [-0.05, 0) is 55.3 Å². The molecule has 4 atom stereocenters. The van der Waals surface area contributed by atoms with Crippen molar-refractivity contribution >= 4 is 10.8 Å². The van der Waals surface area contributed by atoms with Crippen LogP contribution in [0.4, 0.5) is 0 Å². The lowest BCUT2D eigenvalue weighted by atomic mass is 9.77. The first kappa shape index (κ1) is 16.0. The van der Waals surface area contributed by atoms with Crippen LogP contribution in [-0.2, 0) is 0 Å². The van der Waals surface area contributed by atoms with Crippen LogP contribution < -0.4 is 4.74 Å². The number of rotatable bonds is 4. The van der Waals surface area contributed by atoms with E-state index in [1.165, 1.54) is 35.6 Å². The fraction of sp³-hybridized carbons (Fsp3) is 0.391. The average molecular weight is 347 g/mol. The standard InChI is InChI=1S/C23H25NO2/c1-24-18-9-10-22(24)21(20(13-18)17-11-12-25-14-17)15-26-23-8-4-6-16-5-2-3-7-19(16)23/h2-8,11-12,14,18,20-22H,9-10,13,15H2,1H3. The van der Waals surface area contributed by atoms with Gasteiger partial charge in [-0.1, -0.05) is 36.4 Å². The highest BCUT2D eigenvalue weighted by atomic mass is 16.5. The van der Waals surface area contributed by atoms with Crippen LogP contribution in [-0.4, -0.2) is 30.6 Å². The Hall–Kier alpha value is -2.26.